The maximum atomic E-state index is 14.5. The zero-order valence-corrected chi connectivity index (χ0v) is 17.5. The van der Waals surface area contributed by atoms with Gasteiger partial charge in [0.2, 0.25) is 0 Å². The molecule has 2 aliphatic rings. The van der Waals surface area contributed by atoms with Crippen LogP contribution in [-0.4, -0.2) is 18.1 Å². The van der Waals surface area contributed by atoms with Crippen LogP contribution < -0.4 is 4.74 Å². The molecule has 0 N–H and O–H groups in total. The summed E-state index contributed by atoms with van der Waals surface area (Å²) < 4.78 is 21.0. The maximum Gasteiger partial charge on any atom is 0.120 e. The molecule has 1 heterocycles. The van der Waals surface area contributed by atoms with E-state index in [-0.39, 0.29) is 38.5 Å². The molecule has 3 rings (SSSR count). The fourth-order valence-electron chi connectivity index (χ4n) is 2.41. The van der Waals surface area contributed by atoms with E-state index in [1.807, 2.05) is 17.9 Å². The summed E-state index contributed by atoms with van der Waals surface area (Å²) in [5.41, 5.74) is 2.02. The predicted molar refractivity (Wildman–Crippen MR) is 89.8 cm³/mol. The van der Waals surface area contributed by atoms with E-state index in [1.54, 1.807) is 12.1 Å². The van der Waals surface area contributed by atoms with Gasteiger partial charge < -0.3 is 9.64 Å². The second-order valence-electron chi connectivity index (χ2n) is 5.57. The molecule has 0 spiro atoms. The van der Waals surface area contributed by atoms with Gasteiger partial charge in [0.05, 0.1) is 12.4 Å². The van der Waals surface area contributed by atoms with E-state index in [4.69, 9.17) is 4.74 Å². The molecule has 0 amide bonds. The monoisotopic (exact) mass is 451 g/mol. The molecular weight excluding hydrogens is 434 g/mol. The summed E-state index contributed by atoms with van der Waals surface area (Å²) in [5, 5.41) is 0. The third kappa shape index (κ3) is 4.34. The summed E-state index contributed by atoms with van der Waals surface area (Å²) in [5.74, 6) is 0.940. The summed E-state index contributed by atoms with van der Waals surface area (Å²) in [6.07, 6.45) is 7.35. The van der Waals surface area contributed by atoms with Crippen molar-refractivity contribution in [3.8, 4) is 5.75 Å². The maximum absolute atomic E-state index is 14.5. The number of halogens is 2. The number of allylic oxidation sites excluding steroid dienone is 3. The molecule has 0 aromatic heterocycles. The van der Waals surface area contributed by atoms with Crippen LogP contribution in [0.2, 0.25) is 0 Å². The van der Waals surface area contributed by atoms with E-state index in [1.165, 1.54) is 18.9 Å². The summed E-state index contributed by atoms with van der Waals surface area (Å²) in [4.78, 5) is 1.94. The van der Waals surface area contributed by atoms with Crippen molar-refractivity contribution in [2.24, 2.45) is 5.92 Å². The molecule has 1 aromatic rings. The molecule has 0 bridgehead atoms. The van der Waals surface area contributed by atoms with Crippen molar-refractivity contribution in [1.29, 1.82) is 0 Å². The van der Waals surface area contributed by atoms with E-state index in [9.17, 15) is 4.39 Å². The number of rotatable bonds is 5. The van der Waals surface area contributed by atoms with E-state index in [2.05, 4.69) is 28.6 Å². The topological polar surface area (TPSA) is 12.5 Å². The van der Waals surface area contributed by atoms with Crippen molar-refractivity contribution >= 4 is 21.6 Å². The van der Waals surface area contributed by atoms with Crippen molar-refractivity contribution < 1.29 is 41.8 Å². The van der Waals surface area contributed by atoms with Crippen LogP contribution in [0.5, 0.6) is 5.75 Å². The largest absolute Gasteiger partial charge is 0.493 e. The molecule has 23 heavy (non-hydrogen) atoms. The van der Waals surface area contributed by atoms with Crippen molar-refractivity contribution in [2.45, 2.75) is 19.8 Å². The first kappa shape index (κ1) is 18.9. The number of hydrogen-bond donors (Lipinski definition) is 0. The van der Waals surface area contributed by atoms with Crippen LogP contribution in [0.25, 0.3) is 5.70 Å². The average molecular weight is 452 g/mol. The first-order chi connectivity index (χ1) is 10.6. The molecule has 1 aliphatic carbocycles. The Morgan fingerprint density at radius 3 is 2.78 bits per heavy atom. The number of ether oxygens (including phenoxy) is 1. The molecule has 0 saturated heterocycles. The van der Waals surface area contributed by atoms with Crippen molar-refractivity contribution in [2.75, 3.05) is 13.2 Å². The van der Waals surface area contributed by atoms with Gasteiger partial charge in [0, 0.05) is 45.3 Å². The fraction of sp³-hybridized carbons (Fsp3) is 0.333. The van der Waals surface area contributed by atoms with Crippen LogP contribution in [0.4, 0.5) is 4.39 Å². The first-order valence-corrected chi connectivity index (χ1v) is 8.28. The fourth-order valence-corrected chi connectivity index (χ4v) is 2.73. The molecule has 1 radical (unpaired) electrons. The Morgan fingerprint density at radius 2 is 2.17 bits per heavy atom. The number of benzene rings is 1. The molecule has 2 nitrogen and oxygen atoms in total. The summed E-state index contributed by atoms with van der Waals surface area (Å²) in [7, 11) is 0. The number of likely N-dealkylation sites (N-methyl/N-ethyl adjacent to an activating group) is 1. The molecule has 0 atom stereocenters. The van der Waals surface area contributed by atoms with Crippen LogP contribution in [0.15, 0.2) is 41.0 Å². The summed E-state index contributed by atoms with van der Waals surface area (Å²) >= 11 is 3.44. The van der Waals surface area contributed by atoms with E-state index in [0.29, 0.717) is 36.1 Å². The second-order valence-corrected chi connectivity index (χ2v) is 6.43. The molecule has 5 heteroatoms. The van der Waals surface area contributed by atoms with Crippen LogP contribution in [0, 0.1) is 17.8 Å². The Hall–Kier alpha value is -0.446. The summed E-state index contributed by atoms with van der Waals surface area (Å²) in [6.45, 7) is 7.41. The second kappa shape index (κ2) is 8.09. The van der Waals surface area contributed by atoms with Gasteiger partial charge in [-0.25, -0.2) is 4.39 Å². The smallest absolute Gasteiger partial charge is 0.120 e. The normalized spacial score (nSPS) is 17.3. The van der Waals surface area contributed by atoms with Gasteiger partial charge >= 0.3 is 0 Å². The average Bonchev–Trinajstić information content (AvgIpc) is 3.32. The van der Waals surface area contributed by atoms with E-state index in [0.717, 1.165) is 10.2 Å². The molecule has 0 unspecified atom stereocenters. The minimum Gasteiger partial charge on any atom is -0.493 e. The molecule has 119 valence electrons. The van der Waals surface area contributed by atoms with Gasteiger partial charge in [0.15, 0.2) is 0 Å². The Labute approximate surface area is 170 Å². The van der Waals surface area contributed by atoms with Gasteiger partial charge in [-0.15, -0.1) is 22.0 Å². The Morgan fingerprint density at radius 1 is 1.43 bits per heavy atom. The van der Waals surface area contributed by atoms with Gasteiger partial charge in [0.1, 0.15) is 5.75 Å². The van der Waals surface area contributed by atoms with Crippen LogP contribution >= 0.6 is 15.9 Å². The molecular formula is C18H18BrFNOY-. The van der Waals surface area contributed by atoms with Crippen LogP contribution in [0.3, 0.4) is 0 Å². The SMILES string of the molecule is C=C1C(Br)=C[C-]=C(c2ccc(OCC3CC3)cc2F)N1CC.[Y]. The zero-order valence-electron chi connectivity index (χ0n) is 13.1. The van der Waals surface area contributed by atoms with Gasteiger partial charge in [0.25, 0.3) is 0 Å². The minimum atomic E-state index is -0.298. The standard InChI is InChI=1S/C18H18BrFNO.Y/c1-3-21-12(2)16(19)8-9-18(21)15-7-6-14(10-17(15)20)22-11-13-4-5-13;/h6-8,10,13H,2-5,11H2,1H3;/q-1;. The van der Waals surface area contributed by atoms with E-state index >= 15 is 0 Å². The van der Waals surface area contributed by atoms with Crippen molar-refractivity contribution in [3.63, 3.8) is 0 Å². The van der Waals surface area contributed by atoms with Crippen LogP contribution in [0.1, 0.15) is 25.3 Å². The predicted octanol–water partition coefficient (Wildman–Crippen LogP) is 4.88. The summed E-state index contributed by atoms with van der Waals surface area (Å²) in [6, 6.07) is 5.03. The first-order valence-electron chi connectivity index (χ1n) is 7.48. The molecule has 1 saturated carbocycles. The Balaban J connectivity index is 0.00000192. The molecule has 1 aliphatic heterocycles. The Kier molecular flexibility index (Phi) is 6.64. The molecule has 1 aromatic carbocycles. The van der Waals surface area contributed by atoms with Gasteiger partial charge in [-0.1, -0.05) is 22.3 Å². The number of hydrogen-bond acceptors (Lipinski definition) is 2. The minimum absolute atomic E-state index is 0. The molecule has 1 fully saturated rings. The van der Waals surface area contributed by atoms with Gasteiger partial charge in [-0.2, -0.15) is 12.2 Å². The van der Waals surface area contributed by atoms with Gasteiger partial charge in [-0.3, -0.25) is 0 Å². The van der Waals surface area contributed by atoms with Crippen molar-refractivity contribution in [1.82, 2.24) is 4.90 Å². The van der Waals surface area contributed by atoms with Gasteiger partial charge in [-0.05, 0) is 37.4 Å². The third-order valence-electron chi connectivity index (χ3n) is 3.90. The van der Waals surface area contributed by atoms with Crippen LogP contribution in [-0.2, 0) is 32.7 Å². The quantitative estimate of drug-likeness (QED) is 0.591. The third-order valence-corrected chi connectivity index (χ3v) is 4.59. The number of nitrogens with zero attached hydrogens (tertiary/aromatic N) is 1. The van der Waals surface area contributed by atoms with E-state index < -0.39 is 0 Å². The zero-order chi connectivity index (χ0) is 15.7. The van der Waals surface area contributed by atoms with Crippen molar-refractivity contribution in [3.05, 3.63) is 58.5 Å². The Bertz CT molecular complexity index is 667.